The Hall–Kier alpha value is -3.02. The molecule has 0 heterocycles. The Balaban J connectivity index is 1.73. The summed E-state index contributed by atoms with van der Waals surface area (Å²) in [5.41, 5.74) is 2.29. The van der Waals surface area contributed by atoms with Crippen LogP contribution in [0.3, 0.4) is 0 Å². The summed E-state index contributed by atoms with van der Waals surface area (Å²) in [6.07, 6.45) is 0.342. The Bertz CT molecular complexity index is 729. The number of carbonyl (C=O) groups excluding carboxylic acids is 2. The molecule has 0 aliphatic carbocycles. The second kappa shape index (κ2) is 10.1. The van der Waals surface area contributed by atoms with E-state index in [1.807, 2.05) is 24.3 Å². The average Bonchev–Trinajstić information content (AvgIpc) is 2.67. The van der Waals surface area contributed by atoms with Crippen LogP contribution in [0.25, 0.3) is 0 Å². The zero-order valence-corrected chi connectivity index (χ0v) is 15.1. The number of para-hydroxylation sites is 1. The van der Waals surface area contributed by atoms with Gasteiger partial charge in [-0.2, -0.15) is 0 Å². The minimum atomic E-state index is -0.338. The zero-order chi connectivity index (χ0) is 18.8. The van der Waals surface area contributed by atoms with Crippen LogP contribution in [0, 0.1) is 0 Å². The van der Waals surface area contributed by atoms with Crippen molar-refractivity contribution in [2.75, 3.05) is 25.6 Å². The number of benzene rings is 2. The second-order valence-electron chi connectivity index (χ2n) is 5.56. The van der Waals surface area contributed by atoms with Crippen molar-refractivity contribution in [3.8, 4) is 5.75 Å². The van der Waals surface area contributed by atoms with Gasteiger partial charge in [0, 0.05) is 30.8 Å². The van der Waals surface area contributed by atoms with Crippen molar-refractivity contribution in [3.05, 3.63) is 59.7 Å². The highest BCUT2D eigenvalue weighted by atomic mass is 16.5. The fraction of sp³-hybridized carbons (Fsp3) is 0.300. The molecule has 0 saturated heterocycles. The molecule has 26 heavy (non-hydrogen) atoms. The third kappa shape index (κ3) is 5.81. The third-order valence-corrected chi connectivity index (χ3v) is 3.75. The van der Waals surface area contributed by atoms with Crippen LogP contribution in [0.2, 0.25) is 0 Å². The predicted molar refractivity (Wildman–Crippen MR) is 100 cm³/mol. The number of hydrogen-bond donors (Lipinski definition) is 2. The number of esters is 1. The van der Waals surface area contributed by atoms with Gasteiger partial charge >= 0.3 is 5.97 Å². The summed E-state index contributed by atoms with van der Waals surface area (Å²) in [6, 6.07) is 14.6. The van der Waals surface area contributed by atoms with Crippen molar-refractivity contribution in [2.45, 2.75) is 19.9 Å². The van der Waals surface area contributed by atoms with Gasteiger partial charge in [-0.25, -0.2) is 4.79 Å². The normalized spacial score (nSPS) is 10.1. The van der Waals surface area contributed by atoms with Crippen LogP contribution in [-0.2, 0) is 16.1 Å². The molecule has 6 nitrogen and oxygen atoms in total. The van der Waals surface area contributed by atoms with E-state index in [2.05, 4.69) is 10.6 Å². The molecular formula is C20H24N2O4. The fourth-order valence-electron chi connectivity index (χ4n) is 2.39. The summed E-state index contributed by atoms with van der Waals surface area (Å²) in [5.74, 6) is 0.369. The maximum absolute atomic E-state index is 12.0. The molecule has 2 aromatic rings. The van der Waals surface area contributed by atoms with Crippen molar-refractivity contribution in [3.63, 3.8) is 0 Å². The van der Waals surface area contributed by atoms with Gasteiger partial charge in [0.1, 0.15) is 5.75 Å². The quantitative estimate of drug-likeness (QED) is 0.676. The van der Waals surface area contributed by atoms with E-state index in [4.69, 9.17) is 9.47 Å². The molecule has 0 radical (unpaired) electrons. The van der Waals surface area contributed by atoms with E-state index in [0.29, 0.717) is 31.7 Å². The van der Waals surface area contributed by atoms with Crippen molar-refractivity contribution < 1.29 is 19.1 Å². The molecular weight excluding hydrogens is 332 g/mol. The van der Waals surface area contributed by atoms with Crippen LogP contribution in [0.15, 0.2) is 48.5 Å². The molecule has 2 N–H and O–H groups in total. The summed E-state index contributed by atoms with van der Waals surface area (Å²) in [6.45, 7) is 3.04. The van der Waals surface area contributed by atoms with Gasteiger partial charge in [-0.1, -0.05) is 18.2 Å². The van der Waals surface area contributed by atoms with Crippen LogP contribution >= 0.6 is 0 Å². The average molecular weight is 356 g/mol. The molecule has 2 rings (SSSR count). The molecule has 6 heteroatoms. The zero-order valence-electron chi connectivity index (χ0n) is 15.1. The third-order valence-electron chi connectivity index (χ3n) is 3.75. The largest absolute Gasteiger partial charge is 0.496 e. The minimum Gasteiger partial charge on any atom is -0.496 e. The first-order valence-corrected chi connectivity index (χ1v) is 8.53. The predicted octanol–water partition coefficient (Wildman–Crippen LogP) is 2.99. The lowest BCUT2D eigenvalue weighted by atomic mass is 10.2. The maximum atomic E-state index is 12.0. The lowest BCUT2D eigenvalue weighted by molar-refractivity contribution is -0.121. The number of amides is 1. The summed E-state index contributed by atoms with van der Waals surface area (Å²) in [4.78, 5) is 23.6. The van der Waals surface area contributed by atoms with Crippen LogP contribution in [0.5, 0.6) is 5.75 Å². The molecule has 0 aliphatic heterocycles. The summed E-state index contributed by atoms with van der Waals surface area (Å²) < 4.78 is 10.2. The molecule has 0 aromatic heterocycles. The van der Waals surface area contributed by atoms with Gasteiger partial charge in [-0.05, 0) is 37.3 Å². The van der Waals surface area contributed by atoms with Gasteiger partial charge in [0.25, 0.3) is 0 Å². The van der Waals surface area contributed by atoms with Crippen LogP contribution < -0.4 is 15.4 Å². The van der Waals surface area contributed by atoms with E-state index < -0.39 is 0 Å². The Morgan fingerprint density at radius 1 is 1.04 bits per heavy atom. The highest BCUT2D eigenvalue weighted by Gasteiger charge is 2.07. The number of nitrogens with one attached hydrogen (secondary N) is 2. The van der Waals surface area contributed by atoms with Crippen LogP contribution in [0.1, 0.15) is 29.3 Å². The Labute approximate surface area is 153 Å². The second-order valence-corrected chi connectivity index (χ2v) is 5.56. The summed E-state index contributed by atoms with van der Waals surface area (Å²) >= 11 is 0. The van der Waals surface area contributed by atoms with E-state index in [-0.39, 0.29) is 11.9 Å². The molecule has 1 amide bonds. The SMILES string of the molecule is CCOC(=O)c1ccc(NCCC(=O)NCc2ccccc2OC)cc1. The van der Waals surface area contributed by atoms with Crippen LogP contribution in [0.4, 0.5) is 5.69 Å². The maximum Gasteiger partial charge on any atom is 0.338 e. The van der Waals surface area contributed by atoms with Gasteiger partial charge in [0.15, 0.2) is 0 Å². The minimum absolute atomic E-state index is 0.0495. The highest BCUT2D eigenvalue weighted by Crippen LogP contribution is 2.16. The van der Waals surface area contributed by atoms with Crippen molar-refractivity contribution >= 4 is 17.6 Å². The lowest BCUT2D eigenvalue weighted by Gasteiger charge is -2.10. The van der Waals surface area contributed by atoms with Gasteiger partial charge in [-0.3, -0.25) is 4.79 Å². The summed E-state index contributed by atoms with van der Waals surface area (Å²) in [5, 5.41) is 6.03. The first-order valence-electron chi connectivity index (χ1n) is 8.53. The van der Waals surface area contributed by atoms with Gasteiger partial charge in [-0.15, -0.1) is 0 Å². The molecule has 0 aliphatic rings. The topological polar surface area (TPSA) is 76.7 Å². The number of methoxy groups -OCH3 is 1. The first-order chi connectivity index (χ1) is 12.6. The lowest BCUT2D eigenvalue weighted by Crippen LogP contribution is -2.25. The van der Waals surface area contributed by atoms with E-state index in [1.54, 1.807) is 38.3 Å². The smallest absolute Gasteiger partial charge is 0.338 e. The van der Waals surface area contributed by atoms with E-state index in [0.717, 1.165) is 17.0 Å². The Kier molecular flexibility index (Phi) is 7.49. The van der Waals surface area contributed by atoms with E-state index in [1.165, 1.54) is 0 Å². The number of rotatable bonds is 9. The standard InChI is InChI=1S/C20H24N2O4/c1-3-26-20(24)15-8-10-17(11-9-15)21-13-12-19(23)22-14-16-6-4-5-7-18(16)25-2/h4-11,21H,3,12-14H2,1-2H3,(H,22,23). The molecule has 0 bridgehead atoms. The fourth-order valence-corrected chi connectivity index (χ4v) is 2.39. The molecule has 2 aromatic carbocycles. The molecule has 0 fully saturated rings. The number of anilines is 1. The number of ether oxygens (including phenoxy) is 2. The molecule has 0 saturated carbocycles. The Morgan fingerprint density at radius 3 is 2.46 bits per heavy atom. The molecule has 0 spiro atoms. The first kappa shape index (κ1) is 19.3. The van der Waals surface area contributed by atoms with Crippen molar-refractivity contribution in [1.82, 2.24) is 5.32 Å². The van der Waals surface area contributed by atoms with Gasteiger partial charge in [0.05, 0.1) is 19.3 Å². The van der Waals surface area contributed by atoms with E-state index >= 15 is 0 Å². The van der Waals surface area contributed by atoms with Crippen LogP contribution in [-0.4, -0.2) is 32.1 Å². The van der Waals surface area contributed by atoms with Crippen molar-refractivity contribution in [2.24, 2.45) is 0 Å². The van der Waals surface area contributed by atoms with Gasteiger partial charge < -0.3 is 20.1 Å². The molecule has 0 atom stereocenters. The van der Waals surface area contributed by atoms with Crippen molar-refractivity contribution in [1.29, 1.82) is 0 Å². The van der Waals surface area contributed by atoms with Gasteiger partial charge in [0.2, 0.25) is 5.91 Å². The molecule has 138 valence electrons. The number of hydrogen-bond acceptors (Lipinski definition) is 5. The Morgan fingerprint density at radius 2 is 1.77 bits per heavy atom. The number of carbonyl (C=O) groups is 2. The summed E-state index contributed by atoms with van der Waals surface area (Å²) in [7, 11) is 1.61. The van der Waals surface area contributed by atoms with E-state index in [9.17, 15) is 9.59 Å². The monoisotopic (exact) mass is 356 g/mol. The molecule has 0 unspecified atom stereocenters. The highest BCUT2D eigenvalue weighted by molar-refractivity contribution is 5.89.